The van der Waals surface area contributed by atoms with Crippen LogP contribution in [0.1, 0.15) is 33.3 Å². The fraction of sp³-hybridized carbons (Fsp3) is 0.714. The Kier molecular flexibility index (Phi) is 5.38. The van der Waals surface area contributed by atoms with Gasteiger partial charge >= 0.3 is 0 Å². The second-order valence-corrected chi connectivity index (χ2v) is 5.48. The van der Waals surface area contributed by atoms with Crippen molar-refractivity contribution in [1.82, 2.24) is 9.97 Å². The van der Waals surface area contributed by atoms with E-state index in [2.05, 4.69) is 48.3 Å². The second kappa shape index (κ2) is 6.57. The zero-order valence-corrected chi connectivity index (χ0v) is 12.4. The third-order valence-corrected chi connectivity index (χ3v) is 3.54. The number of anilines is 2. The van der Waals surface area contributed by atoms with E-state index in [1.807, 2.05) is 14.0 Å². The van der Waals surface area contributed by atoms with E-state index in [-0.39, 0.29) is 0 Å². The molecular formula is C14H26N4. The number of nitrogens with zero attached hydrogens (tertiary/aromatic N) is 2. The largest absolute Gasteiger partial charge is 0.373 e. The fourth-order valence-electron chi connectivity index (χ4n) is 2.34. The van der Waals surface area contributed by atoms with Gasteiger partial charge in [-0.3, -0.25) is 0 Å². The maximum absolute atomic E-state index is 4.32. The van der Waals surface area contributed by atoms with E-state index in [1.165, 1.54) is 0 Å². The lowest BCUT2D eigenvalue weighted by Gasteiger charge is -2.25. The third-order valence-electron chi connectivity index (χ3n) is 3.54. The van der Waals surface area contributed by atoms with E-state index in [0.717, 1.165) is 23.7 Å². The van der Waals surface area contributed by atoms with Crippen LogP contribution < -0.4 is 10.6 Å². The molecule has 1 heterocycles. The average Bonchev–Trinajstić information content (AvgIpc) is 2.30. The van der Waals surface area contributed by atoms with Crippen molar-refractivity contribution >= 4 is 11.6 Å². The van der Waals surface area contributed by atoms with Gasteiger partial charge in [0.05, 0.1) is 0 Å². The van der Waals surface area contributed by atoms with Gasteiger partial charge in [-0.1, -0.05) is 27.7 Å². The summed E-state index contributed by atoms with van der Waals surface area (Å²) in [5, 5.41) is 6.54. The van der Waals surface area contributed by atoms with Crippen molar-refractivity contribution in [1.29, 1.82) is 0 Å². The van der Waals surface area contributed by atoms with E-state index < -0.39 is 0 Å². The van der Waals surface area contributed by atoms with E-state index in [0.29, 0.717) is 17.8 Å². The Balaban J connectivity index is 2.73. The molecule has 4 heteroatoms. The molecule has 0 fully saturated rings. The van der Waals surface area contributed by atoms with Crippen molar-refractivity contribution in [3.8, 4) is 0 Å². The predicted molar refractivity (Wildman–Crippen MR) is 78.0 cm³/mol. The van der Waals surface area contributed by atoms with Crippen LogP contribution in [0.25, 0.3) is 0 Å². The van der Waals surface area contributed by atoms with Gasteiger partial charge in [0.1, 0.15) is 18.0 Å². The van der Waals surface area contributed by atoms with Gasteiger partial charge in [-0.05, 0) is 24.7 Å². The number of hydrogen-bond acceptors (Lipinski definition) is 4. The van der Waals surface area contributed by atoms with Crippen LogP contribution in [0, 0.1) is 24.7 Å². The summed E-state index contributed by atoms with van der Waals surface area (Å²) in [4.78, 5) is 8.51. The molecule has 0 saturated carbocycles. The van der Waals surface area contributed by atoms with Crippen LogP contribution in [-0.4, -0.2) is 23.6 Å². The molecule has 4 nitrogen and oxygen atoms in total. The standard InChI is InChI=1S/C14H26N4/c1-9(2)12(10(3)4)7-16-14-11(5)13(15-6)17-8-18-14/h8-10,12H,7H2,1-6H3,(H2,15,16,17,18). The molecule has 1 aromatic rings. The number of aromatic nitrogens is 2. The molecule has 0 saturated heterocycles. The average molecular weight is 250 g/mol. The molecule has 1 aromatic heterocycles. The topological polar surface area (TPSA) is 49.8 Å². The first-order chi connectivity index (χ1) is 8.47. The van der Waals surface area contributed by atoms with Gasteiger partial charge in [0, 0.05) is 19.2 Å². The van der Waals surface area contributed by atoms with Gasteiger partial charge in [-0.25, -0.2) is 9.97 Å². The third kappa shape index (κ3) is 3.59. The maximum atomic E-state index is 4.32. The van der Waals surface area contributed by atoms with E-state index in [9.17, 15) is 0 Å². The summed E-state index contributed by atoms with van der Waals surface area (Å²) in [5.41, 5.74) is 1.08. The lowest BCUT2D eigenvalue weighted by atomic mass is 9.85. The summed E-state index contributed by atoms with van der Waals surface area (Å²) in [6.07, 6.45) is 1.60. The van der Waals surface area contributed by atoms with E-state index in [4.69, 9.17) is 0 Å². The molecule has 18 heavy (non-hydrogen) atoms. The molecule has 0 aliphatic carbocycles. The fourth-order valence-corrected chi connectivity index (χ4v) is 2.34. The molecule has 0 amide bonds. The highest BCUT2D eigenvalue weighted by atomic mass is 15.1. The Labute approximate surface area is 111 Å². The van der Waals surface area contributed by atoms with Crippen LogP contribution in [0.4, 0.5) is 11.6 Å². The zero-order valence-electron chi connectivity index (χ0n) is 12.4. The van der Waals surface area contributed by atoms with Gasteiger partial charge in [-0.2, -0.15) is 0 Å². The normalized spacial score (nSPS) is 11.4. The van der Waals surface area contributed by atoms with Crippen LogP contribution in [0.2, 0.25) is 0 Å². The van der Waals surface area contributed by atoms with Crippen molar-refractivity contribution in [2.75, 3.05) is 24.2 Å². The number of hydrogen-bond donors (Lipinski definition) is 2. The summed E-state index contributed by atoms with van der Waals surface area (Å²) < 4.78 is 0. The van der Waals surface area contributed by atoms with Crippen LogP contribution in [-0.2, 0) is 0 Å². The SMILES string of the molecule is CNc1ncnc(NCC(C(C)C)C(C)C)c1C. The van der Waals surface area contributed by atoms with E-state index in [1.54, 1.807) is 6.33 Å². The molecule has 0 aliphatic heterocycles. The van der Waals surface area contributed by atoms with Crippen molar-refractivity contribution < 1.29 is 0 Å². The molecule has 1 rings (SSSR count). The molecule has 0 aromatic carbocycles. The molecule has 0 atom stereocenters. The molecule has 0 bridgehead atoms. The molecular weight excluding hydrogens is 224 g/mol. The first-order valence-corrected chi connectivity index (χ1v) is 6.70. The Morgan fingerprint density at radius 2 is 1.61 bits per heavy atom. The smallest absolute Gasteiger partial charge is 0.134 e. The lowest BCUT2D eigenvalue weighted by molar-refractivity contribution is 0.304. The van der Waals surface area contributed by atoms with Crippen molar-refractivity contribution in [3.05, 3.63) is 11.9 Å². The highest BCUT2D eigenvalue weighted by Crippen LogP contribution is 2.23. The highest BCUT2D eigenvalue weighted by molar-refractivity contribution is 5.56. The Morgan fingerprint density at radius 3 is 2.11 bits per heavy atom. The van der Waals surface area contributed by atoms with Gasteiger partial charge in [-0.15, -0.1) is 0 Å². The van der Waals surface area contributed by atoms with Gasteiger partial charge < -0.3 is 10.6 Å². The second-order valence-electron chi connectivity index (χ2n) is 5.48. The minimum atomic E-state index is 0.650. The first kappa shape index (κ1) is 14.7. The van der Waals surface area contributed by atoms with Crippen molar-refractivity contribution in [2.45, 2.75) is 34.6 Å². The summed E-state index contributed by atoms with van der Waals surface area (Å²) in [6, 6.07) is 0. The summed E-state index contributed by atoms with van der Waals surface area (Å²) in [6.45, 7) is 12.1. The Bertz CT molecular complexity index is 366. The molecule has 0 spiro atoms. The zero-order chi connectivity index (χ0) is 13.7. The monoisotopic (exact) mass is 250 g/mol. The van der Waals surface area contributed by atoms with Gasteiger partial charge in [0.25, 0.3) is 0 Å². The quantitative estimate of drug-likeness (QED) is 0.814. The van der Waals surface area contributed by atoms with Gasteiger partial charge in [0.15, 0.2) is 0 Å². The minimum absolute atomic E-state index is 0.650. The number of nitrogens with one attached hydrogen (secondary N) is 2. The van der Waals surface area contributed by atoms with Crippen molar-refractivity contribution in [3.63, 3.8) is 0 Å². The van der Waals surface area contributed by atoms with Crippen LogP contribution in [0.3, 0.4) is 0 Å². The van der Waals surface area contributed by atoms with Crippen LogP contribution in [0.5, 0.6) is 0 Å². The van der Waals surface area contributed by atoms with E-state index >= 15 is 0 Å². The summed E-state index contributed by atoms with van der Waals surface area (Å²) >= 11 is 0. The maximum Gasteiger partial charge on any atom is 0.134 e. The summed E-state index contributed by atoms with van der Waals surface area (Å²) in [7, 11) is 1.88. The Morgan fingerprint density at radius 1 is 1.06 bits per heavy atom. The van der Waals surface area contributed by atoms with Crippen LogP contribution >= 0.6 is 0 Å². The molecule has 0 unspecified atom stereocenters. The van der Waals surface area contributed by atoms with Crippen molar-refractivity contribution in [2.24, 2.45) is 17.8 Å². The molecule has 102 valence electrons. The lowest BCUT2D eigenvalue weighted by Crippen LogP contribution is -2.25. The minimum Gasteiger partial charge on any atom is -0.373 e. The van der Waals surface area contributed by atoms with Crippen LogP contribution in [0.15, 0.2) is 6.33 Å². The number of rotatable bonds is 6. The highest BCUT2D eigenvalue weighted by Gasteiger charge is 2.17. The molecule has 2 N–H and O–H groups in total. The molecule has 0 radical (unpaired) electrons. The van der Waals surface area contributed by atoms with Gasteiger partial charge in [0.2, 0.25) is 0 Å². The Hall–Kier alpha value is -1.32. The predicted octanol–water partition coefficient (Wildman–Crippen LogP) is 3.17. The molecule has 0 aliphatic rings. The summed E-state index contributed by atoms with van der Waals surface area (Å²) in [5.74, 6) is 3.81. The first-order valence-electron chi connectivity index (χ1n) is 6.70.